The number of carbonyl (C=O) groups is 2. The molecule has 1 aliphatic carbocycles. The van der Waals surface area contributed by atoms with Gasteiger partial charge in [-0.2, -0.15) is 0 Å². The van der Waals surface area contributed by atoms with Crippen LogP contribution in [0.2, 0.25) is 0 Å². The Labute approximate surface area is 128 Å². The second-order valence-electron chi connectivity index (χ2n) is 5.24. The summed E-state index contributed by atoms with van der Waals surface area (Å²) in [6.45, 7) is 0. The number of ketones is 2. The first-order valence-corrected chi connectivity index (χ1v) is 8.08. The number of hydrogen-bond acceptors (Lipinski definition) is 3. The van der Waals surface area contributed by atoms with Gasteiger partial charge in [0.25, 0.3) is 0 Å². The second kappa shape index (κ2) is 6.27. The molecule has 0 saturated heterocycles. The molecule has 0 radical (unpaired) electrons. The number of benzene rings is 2. The zero-order valence-electron chi connectivity index (χ0n) is 11.6. The van der Waals surface area contributed by atoms with Crippen LogP contribution in [0.3, 0.4) is 0 Å². The second-order valence-corrected chi connectivity index (χ2v) is 6.29. The topological polar surface area (TPSA) is 34.1 Å². The van der Waals surface area contributed by atoms with Gasteiger partial charge in [0, 0.05) is 21.9 Å². The van der Waals surface area contributed by atoms with Gasteiger partial charge in [-0.15, -0.1) is 11.8 Å². The molecule has 3 rings (SSSR count). The van der Waals surface area contributed by atoms with E-state index in [-0.39, 0.29) is 17.5 Å². The molecule has 0 aromatic heterocycles. The Morgan fingerprint density at radius 2 is 1.57 bits per heavy atom. The number of hydrogen-bond donors (Lipinski definition) is 0. The monoisotopic (exact) mass is 296 g/mol. The van der Waals surface area contributed by atoms with Crippen molar-refractivity contribution in [2.45, 2.75) is 17.7 Å². The zero-order valence-corrected chi connectivity index (χ0v) is 12.4. The van der Waals surface area contributed by atoms with E-state index in [0.29, 0.717) is 5.75 Å². The number of Topliss-reactive ketones (excluding diaryl/α,β-unsaturated/α-hetero) is 2. The maximum absolute atomic E-state index is 12.0. The highest BCUT2D eigenvalue weighted by molar-refractivity contribution is 8.00. The first-order chi connectivity index (χ1) is 10.2. The Bertz CT molecular complexity index is 643. The summed E-state index contributed by atoms with van der Waals surface area (Å²) in [5, 5.41) is 0. The molecular formula is C18H16O2S. The lowest BCUT2D eigenvalue weighted by Crippen LogP contribution is -2.02. The van der Waals surface area contributed by atoms with Crippen molar-refractivity contribution in [2.75, 3.05) is 5.75 Å². The van der Waals surface area contributed by atoms with Crippen LogP contribution >= 0.6 is 11.8 Å². The van der Waals surface area contributed by atoms with Crippen LogP contribution in [0.15, 0.2) is 59.5 Å². The van der Waals surface area contributed by atoms with Gasteiger partial charge in [0.05, 0.1) is 5.75 Å². The highest BCUT2D eigenvalue weighted by atomic mass is 32.2. The van der Waals surface area contributed by atoms with Crippen molar-refractivity contribution in [3.05, 3.63) is 65.7 Å². The molecule has 2 aromatic carbocycles. The molecule has 0 aliphatic heterocycles. The first-order valence-electron chi connectivity index (χ1n) is 7.09. The average molecular weight is 296 g/mol. The quantitative estimate of drug-likeness (QED) is 0.590. The van der Waals surface area contributed by atoms with E-state index in [2.05, 4.69) is 0 Å². The molecule has 0 heterocycles. The first kappa shape index (κ1) is 14.1. The van der Waals surface area contributed by atoms with E-state index in [0.717, 1.165) is 28.9 Å². The molecule has 0 amide bonds. The van der Waals surface area contributed by atoms with Crippen molar-refractivity contribution in [1.82, 2.24) is 0 Å². The maximum atomic E-state index is 12.0. The molecule has 2 nitrogen and oxygen atoms in total. The summed E-state index contributed by atoms with van der Waals surface area (Å²) in [5.74, 6) is 1.05. The summed E-state index contributed by atoms with van der Waals surface area (Å²) in [6, 6.07) is 16.9. The fraction of sp³-hybridized carbons (Fsp3) is 0.222. The van der Waals surface area contributed by atoms with Crippen molar-refractivity contribution < 1.29 is 9.59 Å². The van der Waals surface area contributed by atoms with Gasteiger partial charge < -0.3 is 0 Å². The number of thioether (sulfide) groups is 1. The van der Waals surface area contributed by atoms with Crippen LogP contribution in [0, 0.1) is 5.92 Å². The molecule has 1 fully saturated rings. The van der Waals surface area contributed by atoms with Gasteiger partial charge in [-0.1, -0.05) is 42.5 Å². The zero-order chi connectivity index (χ0) is 14.7. The van der Waals surface area contributed by atoms with Crippen LogP contribution in [0.1, 0.15) is 33.6 Å². The lowest BCUT2D eigenvalue weighted by molar-refractivity contribution is 0.0966. The Hall–Kier alpha value is -1.87. The van der Waals surface area contributed by atoms with Gasteiger partial charge in [-0.25, -0.2) is 0 Å². The third-order valence-electron chi connectivity index (χ3n) is 3.55. The van der Waals surface area contributed by atoms with Crippen molar-refractivity contribution in [1.29, 1.82) is 0 Å². The minimum atomic E-state index is 0.124. The number of rotatable bonds is 6. The summed E-state index contributed by atoms with van der Waals surface area (Å²) < 4.78 is 0. The van der Waals surface area contributed by atoms with Gasteiger partial charge >= 0.3 is 0 Å². The number of carbonyl (C=O) groups excluding carboxylic acids is 2. The molecule has 0 spiro atoms. The molecule has 21 heavy (non-hydrogen) atoms. The predicted octanol–water partition coefficient (Wildman–Crippen LogP) is 4.25. The molecular weight excluding hydrogens is 280 g/mol. The van der Waals surface area contributed by atoms with Gasteiger partial charge in [-0.3, -0.25) is 9.59 Å². The molecule has 1 saturated carbocycles. The summed E-state index contributed by atoms with van der Waals surface area (Å²) in [7, 11) is 0. The molecule has 106 valence electrons. The van der Waals surface area contributed by atoms with Crippen molar-refractivity contribution in [2.24, 2.45) is 5.92 Å². The Kier molecular flexibility index (Phi) is 4.20. The third kappa shape index (κ3) is 3.61. The van der Waals surface area contributed by atoms with E-state index < -0.39 is 0 Å². The van der Waals surface area contributed by atoms with E-state index in [1.807, 2.05) is 54.6 Å². The van der Waals surface area contributed by atoms with Crippen LogP contribution in [0.25, 0.3) is 0 Å². The minimum Gasteiger partial charge on any atom is -0.294 e. The van der Waals surface area contributed by atoms with Crippen LogP contribution in [0.5, 0.6) is 0 Å². The van der Waals surface area contributed by atoms with Crippen molar-refractivity contribution >= 4 is 23.3 Å². The van der Waals surface area contributed by atoms with Crippen LogP contribution < -0.4 is 0 Å². The van der Waals surface area contributed by atoms with Crippen LogP contribution in [-0.4, -0.2) is 17.3 Å². The summed E-state index contributed by atoms with van der Waals surface area (Å²) in [4.78, 5) is 24.9. The SMILES string of the molecule is O=C(CSc1ccc(C(=O)C2CC2)cc1)c1ccccc1. The van der Waals surface area contributed by atoms with Gasteiger partial charge in [-0.05, 0) is 25.0 Å². The summed E-state index contributed by atoms with van der Waals surface area (Å²) >= 11 is 1.51. The molecule has 0 bridgehead atoms. The van der Waals surface area contributed by atoms with Gasteiger partial charge in [0.2, 0.25) is 0 Å². The maximum Gasteiger partial charge on any atom is 0.173 e. The van der Waals surface area contributed by atoms with E-state index >= 15 is 0 Å². The largest absolute Gasteiger partial charge is 0.294 e. The molecule has 0 atom stereocenters. The van der Waals surface area contributed by atoms with E-state index in [4.69, 9.17) is 0 Å². The highest BCUT2D eigenvalue weighted by Crippen LogP contribution is 2.33. The summed E-state index contributed by atoms with van der Waals surface area (Å²) in [5.41, 5.74) is 1.53. The Morgan fingerprint density at radius 3 is 2.19 bits per heavy atom. The molecule has 3 heteroatoms. The van der Waals surface area contributed by atoms with Crippen LogP contribution in [-0.2, 0) is 0 Å². The fourth-order valence-corrected chi connectivity index (χ4v) is 2.95. The predicted molar refractivity (Wildman–Crippen MR) is 85.0 cm³/mol. The highest BCUT2D eigenvalue weighted by Gasteiger charge is 2.30. The van der Waals surface area contributed by atoms with Gasteiger partial charge in [0.1, 0.15) is 0 Å². The third-order valence-corrected chi connectivity index (χ3v) is 4.56. The molecule has 0 N–H and O–H groups in total. The Balaban J connectivity index is 1.58. The molecule has 1 aliphatic rings. The summed E-state index contributed by atoms with van der Waals surface area (Å²) in [6.07, 6.45) is 2.06. The fourth-order valence-electron chi connectivity index (χ4n) is 2.15. The molecule has 0 unspecified atom stereocenters. The van der Waals surface area contributed by atoms with Crippen molar-refractivity contribution in [3.63, 3.8) is 0 Å². The average Bonchev–Trinajstić information content (AvgIpc) is 3.38. The Morgan fingerprint density at radius 1 is 0.905 bits per heavy atom. The smallest absolute Gasteiger partial charge is 0.173 e. The van der Waals surface area contributed by atoms with Gasteiger partial charge in [0.15, 0.2) is 11.6 Å². The van der Waals surface area contributed by atoms with E-state index in [1.165, 1.54) is 11.8 Å². The normalized spacial score (nSPS) is 13.9. The van der Waals surface area contributed by atoms with E-state index in [9.17, 15) is 9.59 Å². The van der Waals surface area contributed by atoms with Crippen molar-refractivity contribution in [3.8, 4) is 0 Å². The lowest BCUT2D eigenvalue weighted by atomic mass is 10.1. The van der Waals surface area contributed by atoms with Crippen LogP contribution in [0.4, 0.5) is 0 Å². The minimum absolute atomic E-state index is 0.124. The lowest BCUT2D eigenvalue weighted by Gasteiger charge is -2.03. The standard InChI is InChI=1S/C18H16O2S/c19-17(13-4-2-1-3-5-13)12-21-16-10-8-15(9-11-16)18(20)14-6-7-14/h1-5,8-11,14H,6-7,12H2. The van der Waals surface area contributed by atoms with E-state index in [1.54, 1.807) is 0 Å². The molecule has 2 aromatic rings.